The topological polar surface area (TPSA) is 99.1 Å². The Morgan fingerprint density at radius 3 is 1.74 bits per heavy atom. The molecule has 0 heterocycles. The van der Waals surface area contributed by atoms with Crippen molar-refractivity contribution in [1.29, 1.82) is 0 Å². The minimum atomic E-state index is -4.56. The van der Waals surface area contributed by atoms with Crippen LogP contribution in [0.3, 0.4) is 0 Å². The van der Waals surface area contributed by atoms with Gasteiger partial charge in [0.2, 0.25) is 0 Å². The number of ether oxygens (including phenoxy) is 1. The van der Waals surface area contributed by atoms with E-state index in [9.17, 15) is 17.9 Å². The largest absolute Gasteiger partial charge is 0.473 e. The third-order valence-corrected chi connectivity index (χ3v) is 10.9. The number of methoxy groups -OCH3 is 1. The number of unbranched alkanes of at least 4 members (excludes halogenated alkanes) is 12. The summed E-state index contributed by atoms with van der Waals surface area (Å²) >= 11 is 0. The molecule has 0 saturated heterocycles. The van der Waals surface area contributed by atoms with Crippen molar-refractivity contribution in [3.8, 4) is 0 Å². The van der Waals surface area contributed by atoms with Crippen molar-refractivity contribution in [3.05, 3.63) is 0 Å². The highest BCUT2D eigenvalue weighted by atomic mass is 32.2. The van der Waals surface area contributed by atoms with E-state index in [1.807, 2.05) is 28.1 Å². The average Bonchev–Trinajstić information content (AvgIpc) is 2.81. The fourth-order valence-corrected chi connectivity index (χ4v) is 8.32. The third kappa shape index (κ3) is 18.4. The van der Waals surface area contributed by atoms with Gasteiger partial charge < -0.3 is 14.1 Å². The first-order valence-electron chi connectivity index (χ1n) is 15.0. The van der Waals surface area contributed by atoms with E-state index in [1.54, 1.807) is 6.92 Å². The fourth-order valence-electron chi connectivity index (χ4n) is 4.60. The van der Waals surface area contributed by atoms with Gasteiger partial charge in [-0.05, 0) is 12.8 Å². The van der Waals surface area contributed by atoms with Gasteiger partial charge in [0, 0.05) is 13.0 Å². The van der Waals surface area contributed by atoms with Crippen LogP contribution in [0.5, 0.6) is 0 Å². The van der Waals surface area contributed by atoms with E-state index in [4.69, 9.17) is 13.8 Å². The van der Waals surface area contributed by atoms with Gasteiger partial charge in [-0.3, -0.25) is 9.05 Å². The highest BCUT2D eigenvalue weighted by Crippen LogP contribution is 2.47. The Morgan fingerprint density at radius 2 is 1.32 bits per heavy atom. The van der Waals surface area contributed by atoms with Gasteiger partial charge in [-0.2, -0.15) is 0 Å². The maximum Gasteiger partial charge on any atom is 0.473 e. The Morgan fingerprint density at radius 1 is 0.842 bits per heavy atom. The second kappa shape index (κ2) is 20.8. The standard InChI is InChI=1S/C28H60NO7PS/c1-8-10-11-12-13-14-15-16-17-18-19-20-21-22-27(9-2)38(32,33)28(26(3)25-34-7)36-37(30,31)35-24-23-29(4,5)6/h26-28H,8-25H2,1-7H3/p+1. The highest BCUT2D eigenvalue weighted by Gasteiger charge is 2.42. The maximum atomic E-state index is 13.6. The predicted octanol–water partition coefficient (Wildman–Crippen LogP) is 7.11. The lowest BCUT2D eigenvalue weighted by molar-refractivity contribution is -0.870. The Balaban J connectivity index is 4.70. The monoisotopic (exact) mass is 586 g/mol. The summed E-state index contributed by atoms with van der Waals surface area (Å²) in [6, 6.07) is 0. The first-order valence-corrected chi connectivity index (χ1v) is 18.1. The molecular weight excluding hydrogens is 525 g/mol. The molecule has 0 spiro atoms. The molecular formula is C28H61NO7PS+. The van der Waals surface area contributed by atoms with Crippen molar-refractivity contribution in [2.24, 2.45) is 5.92 Å². The summed E-state index contributed by atoms with van der Waals surface area (Å²) in [6.45, 7) is 6.32. The molecule has 0 aromatic carbocycles. The lowest BCUT2D eigenvalue weighted by Crippen LogP contribution is -2.40. The summed E-state index contributed by atoms with van der Waals surface area (Å²) in [6.07, 6.45) is 17.0. The van der Waals surface area contributed by atoms with Crippen LogP contribution in [0.15, 0.2) is 0 Å². The highest BCUT2D eigenvalue weighted by molar-refractivity contribution is 7.92. The number of hydrogen-bond donors (Lipinski definition) is 1. The van der Waals surface area contributed by atoms with Gasteiger partial charge in [-0.1, -0.05) is 104 Å². The average molecular weight is 587 g/mol. The van der Waals surface area contributed by atoms with Crippen LogP contribution in [0.2, 0.25) is 0 Å². The van der Waals surface area contributed by atoms with Crippen LogP contribution in [0.1, 0.15) is 117 Å². The second-order valence-corrected chi connectivity index (χ2v) is 15.6. The van der Waals surface area contributed by atoms with Crippen molar-refractivity contribution in [3.63, 3.8) is 0 Å². The number of hydrogen-bond acceptors (Lipinski definition) is 6. The number of rotatable bonds is 26. The summed E-state index contributed by atoms with van der Waals surface area (Å²) in [5.74, 6) is -0.617. The van der Waals surface area contributed by atoms with Gasteiger partial charge in [0.15, 0.2) is 15.3 Å². The van der Waals surface area contributed by atoms with E-state index in [2.05, 4.69) is 6.92 Å². The first kappa shape index (κ1) is 38.0. The normalized spacial score (nSPS) is 16.7. The van der Waals surface area contributed by atoms with Gasteiger partial charge in [-0.15, -0.1) is 0 Å². The predicted molar refractivity (Wildman–Crippen MR) is 158 cm³/mol. The van der Waals surface area contributed by atoms with Gasteiger partial charge in [0.25, 0.3) is 0 Å². The number of likely N-dealkylation sites (N-methyl/N-ethyl adjacent to an activating group) is 1. The number of phosphoric ester groups is 1. The van der Waals surface area contributed by atoms with E-state index in [-0.39, 0.29) is 13.2 Å². The lowest BCUT2D eigenvalue weighted by atomic mass is 10.0. The van der Waals surface area contributed by atoms with Gasteiger partial charge in [0.05, 0.1) is 33.0 Å². The number of nitrogens with zero attached hydrogens (tertiary/aromatic N) is 1. The molecule has 4 atom stereocenters. The minimum Gasteiger partial charge on any atom is -0.384 e. The Hall–Kier alpha value is -0.0200. The molecule has 0 aliphatic carbocycles. The van der Waals surface area contributed by atoms with E-state index in [0.29, 0.717) is 23.9 Å². The molecule has 0 aliphatic rings. The Bertz CT molecular complexity index is 727. The number of phosphoric acid groups is 1. The first-order chi connectivity index (χ1) is 17.8. The van der Waals surface area contributed by atoms with Crippen molar-refractivity contribution in [1.82, 2.24) is 0 Å². The molecule has 0 fully saturated rings. The maximum absolute atomic E-state index is 13.6. The molecule has 1 N–H and O–H groups in total. The van der Waals surface area contributed by atoms with Crippen molar-refractivity contribution >= 4 is 17.7 Å². The van der Waals surface area contributed by atoms with Crippen molar-refractivity contribution in [2.75, 3.05) is 48.0 Å². The Kier molecular flexibility index (Phi) is 20.8. The molecule has 0 aromatic heterocycles. The number of sulfone groups is 1. The summed E-state index contributed by atoms with van der Waals surface area (Å²) < 4.78 is 56.0. The summed E-state index contributed by atoms with van der Waals surface area (Å²) in [5.41, 5.74) is -1.46. The SMILES string of the molecule is CCCCCCCCCCCCCCCC(CC)S(=O)(=O)C(OP(=O)(O)OCC[N+](C)(C)C)C(C)COC. The van der Waals surface area contributed by atoms with Crippen LogP contribution in [0.25, 0.3) is 0 Å². The lowest BCUT2D eigenvalue weighted by Gasteiger charge is -2.29. The van der Waals surface area contributed by atoms with E-state index in [0.717, 1.165) is 19.3 Å². The zero-order chi connectivity index (χ0) is 29.1. The quantitative estimate of drug-likeness (QED) is 0.0655. The minimum absolute atomic E-state index is 0.0150. The van der Waals surface area contributed by atoms with Gasteiger partial charge in [0.1, 0.15) is 13.2 Å². The zero-order valence-electron chi connectivity index (χ0n) is 25.7. The molecule has 0 rings (SSSR count). The van der Waals surface area contributed by atoms with Crippen molar-refractivity contribution < 1.29 is 36.1 Å². The van der Waals surface area contributed by atoms with Crippen LogP contribution >= 0.6 is 7.82 Å². The molecule has 0 amide bonds. The van der Waals surface area contributed by atoms with Crippen LogP contribution in [-0.4, -0.2) is 76.5 Å². The van der Waals surface area contributed by atoms with Crippen LogP contribution in [0, 0.1) is 5.92 Å². The Labute approximate surface area is 235 Å². The summed E-state index contributed by atoms with van der Waals surface area (Å²) in [7, 11) is -1.15. The van der Waals surface area contributed by atoms with Crippen LogP contribution in [-0.2, 0) is 28.2 Å². The molecule has 0 bridgehead atoms. The van der Waals surface area contributed by atoms with E-state index in [1.165, 1.54) is 71.3 Å². The molecule has 10 heteroatoms. The molecule has 0 aliphatic heterocycles. The smallest absolute Gasteiger partial charge is 0.384 e. The van der Waals surface area contributed by atoms with Crippen LogP contribution < -0.4 is 0 Å². The summed E-state index contributed by atoms with van der Waals surface area (Å²) in [4.78, 5) is 10.3. The molecule has 0 saturated carbocycles. The third-order valence-electron chi connectivity index (χ3n) is 7.02. The summed E-state index contributed by atoms with van der Waals surface area (Å²) in [5, 5.41) is -0.634. The van der Waals surface area contributed by atoms with E-state index < -0.39 is 34.3 Å². The van der Waals surface area contributed by atoms with Crippen molar-refractivity contribution in [2.45, 2.75) is 128 Å². The molecule has 38 heavy (non-hydrogen) atoms. The van der Waals surface area contributed by atoms with E-state index >= 15 is 0 Å². The van der Waals surface area contributed by atoms with Gasteiger partial charge >= 0.3 is 7.82 Å². The fraction of sp³-hybridized carbons (Fsp3) is 1.00. The van der Waals surface area contributed by atoms with Crippen LogP contribution in [0.4, 0.5) is 0 Å². The molecule has 4 unspecified atom stereocenters. The molecule has 230 valence electrons. The molecule has 0 aromatic rings. The zero-order valence-corrected chi connectivity index (χ0v) is 27.4. The van der Waals surface area contributed by atoms with Gasteiger partial charge in [-0.25, -0.2) is 13.0 Å². The molecule has 0 radical (unpaired) electrons. The molecule has 8 nitrogen and oxygen atoms in total. The second-order valence-electron chi connectivity index (χ2n) is 11.9. The number of quaternary nitrogens is 1.